The van der Waals surface area contributed by atoms with Crippen LogP contribution in [0.5, 0.6) is 11.5 Å². The molecule has 0 saturated carbocycles. The molecule has 0 atom stereocenters. The second kappa shape index (κ2) is 10.6. The molecule has 12 heteroatoms. The molecule has 0 unspecified atom stereocenters. The average molecular weight is 527 g/mol. The van der Waals surface area contributed by atoms with Crippen molar-refractivity contribution in [3.63, 3.8) is 0 Å². The van der Waals surface area contributed by atoms with E-state index in [4.69, 9.17) is 8.92 Å². The lowest BCUT2D eigenvalue weighted by atomic mass is 10.2. The van der Waals surface area contributed by atoms with Gasteiger partial charge in [-0.05, 0) is 53.7 Å². The summed E-state index contributed by atoms with van der Waals surface area (Å²) in [6.07, 6.45) is 1.45. The highest BCUT2D eigenvalue weighted by molar-refractivity contribution is 8.18. The third kappa shape index (κ3) is 5.90. The van der Waals surface area contributed by atoms with E-state index in [2.05, 4.69) is 0 Å². The number of para-hydroxylation sites is 1. The Labute approximate surface area is 210 Å². The summed E-state index contributed by atoms with van der Waals surface area (Å²) >= 11 is 0.763. The van der Waals surface area contributed by atoms with Gasteiger partial charge >= 0.3 is 10.1 Å². The predicted octanol–water partition coefficient (Wildman–Crippen LogP) is 4.48. The molecule has 0 radical (unpaired) electrons. The number of amides is 2. The molecule has 0 bridgehead atoms. The van der Waals surface area contributed by atoms with Crippen LogP contribution in [-0.4, -0.2) is 42.5 Å². The average Bonchev–Trinajstić information content (AvgIpc) is 3.12. The van der Waals surface area contributed by atoms with Crippen LogP contribution in [0.15, 0.2) is 88.7 Å². The summed E-state index contributed by atoms with van der Waals surface area (Å²) in [5.74, 6) is 0.0693. The van der Waals surface area contributed by atoms with Gasteiger partial charge in [0.1, 0.15) is 23.0 Å². The van der Waals surface area contributed by atoms with Crippen LogP contribution < -0.4 is 8.92 Å². The van der Waals surface area contributed by atoms with Crippen molar-refractivity contribution < 1.29 is 31.9 Å². The molecule has 1 saturated heterocycles. The fraction of sp³-hybridized carbons (Fsp3) is 0.0833. The Hall–Kier alpha value is -4.16. The van der Waals surface area contributed by atoms with E-state index in [9.17, 15) is 28.1 Å². The highest BCUT2D eigenvalue weighted by atomic mass is 32.2. The van der Waals surface area contributed by atoms with Gasteiger partial charge in [0.05, 0.1) is 16.4 Å². The van der Waals surface area contributed by atoms with E-state index in [0.29, 0.717) is 11.3 Å². The number of imide groups is 1. The molecule has 184 valence electrons. The maximum atomic E-state index is 12.7. The Morgan fingerprint density at radius 1 is 0.944 bits per heavy atom. The van der Waals surface area contributed by atoms with Crippen LogP contribution in [0.1, 0.15) is 5.56 Å². The van der Waals surface area contributed by atoms with Crippen LogP contribution in [0, 0.1) is 10.1 Å². The molecule has 3 aromatic rings. The lowest BCUT2D eigenvalue weighted by Crippen LogP contribution is -2.32. The molecule has 0 N–H and O–H groups in total. The van der Waals surface area contributed by atoms with Crippen molar-refractivity contribution in [2.75, 3.05) is 13.2 Å². The van der Waals surface area contributed by atoms with Crippen molar-refractivity contribution in [1.29, 1.82) is 0 Å². The zero-order valence-electron chi connectivity index (χ0n) is 18.5. The van der Waals surface area contributed by atoms with Gasteiger partial charge in [0, 0.05) is 12.1 Å². The fourth-order valence-electron chi connectivity index (χ4n) is 3.20. The largest absolute Gasteiger partial charge is 0.492 e. The van der Waals surface area contributed by atoms with Crippen LogP contribution >= 0.6 is 11.8 Å². The van der Waals surface area contributed by atoms with E-state index in [1.807, 2.05) is 18.2 Å². The fourth-order valence-corrected chi connectivity index (χ4v) is 5.03. The predicted molar refractivity (Wildman–Crippen MR) is 132 cm³/mol. The number of hydrogen-bond acceptors (Lipinski definition) is 9. The first-order chi connectivity index (χ1) is 17.2. The Kier molecular flexibility index (Phi) is 7.36. The number of hydrogen-bond donors (Lipinski definition) is 0. The topological polar surface area (TPSA) is 133 Å². The van der Waals surface area contributed by atoms with Gasteiger partial charge < -0.3 is 8.92 Å². The van der Waals surface area contributed by atoms with E-state index < -0.39 is 31.9 Å². The van der Waals surface area contributed by atoms with Gasteiger partial charge in [0.25, 0.3) is 16.8 Å². The molecular formula is C24H18N2O8S2. The molecule has 0 spiro atoms. The minimum Gasteiger partial charge on any atom is -0.492 e. The molecule has 1 heterocycles. The maximum Gasteiger partial charge on any atom is 0.339 e. The third-order valence-corrected chi connectivity index (χ3v) is 7.03. The van der Waals surface area contributed by atoms with Crippen molar-refractivity contribution in [3.8, 4) is 11.5 Å². The molecule has 4 rings (SSSR count). The second-order valence-corrected chi connectivity index (χ2v) is 9.90. The number of carbonyl (C=O) groups excluding carboxylic acids is 2. The summed E-state index contributed by atoms with van der Waals surface area (Å²) in [4.78, 5) is 36.2. The van der Waals surface area contributed by atoms with Crippen LogP contribution in [-0.2, 0) is 14.9 Å². The standard InChI is InChI=1S/C24H18N2O8S2/c27-23-22(35-24(28)25(23)12-13-33-19-8-2-1-3-9-19)15-17-6-4-10-20(14-17)34-36(31,32)21-11-5-7-18(16-21)26(29)30/h1-11,14-16H,12-13H2/b22-15-. The second-order valence-electron chi connectivity index (χ2n) is 7.36. The third-order valence-electron chi connectivity index (χ3n) is 4.88. The maximum absolute atomic E-state index is 12.7. The molecule has 1 aliphatic heterocycles. The normalized spacial score (nSPS) is 14.8. The number of carbonyl (C=O) groups is 2. The minimum atomic E-state index is -4.35. The summed E-state index contributed by atoms with van der Waals surface area (Å²) in [7, 11) is -4.35. The van der Waals surface area contributed by atoms with Crippen molar-refractivity contribution in [1.82, 2.24) is 4.90 Å². The number of benzene rings is 3. The van der Waals surface area contributed by atoms with Crippen LogP contribution in [0.3, 0.4) is 0 Å². The summed E-state index contributed by atoms with van der Waals surface area (Å²) in [6.45, 7) is 0.204. The number of ether oxygens (including phenoxy) is 1. The van der Waals surface area contributed by atoms with Gasteiger partial charge in [-0.15, -0.1) is 0 Å². The lowest BCUT2D eigenvalue weighted by molar-refractivity contribution is -0.385. The number of nitrogens with zero attached hydrogens (tertiary/aromatic N) is 2. The molecule has 10 nitrogen and oxygen atoms in total. The first-order valence-electron chi connectivity index (χ1n) is 10.5. The Morgan fingerprint density at radius 3 is 2.42 bits per heavy atom. The van der Waals surface area contributed by atoms with Gasteiger partial charge in [-0.3, -0.25) is 24.6 Å². The minimum absolute atomic E-state index is 0.0641. The van der Waals surface area contributed by atoms with E-state index in [1.165, 1.54) is 42.5 Å². The van der Waals surface area contributed by atoms with Gasteiger partial charge in [-0.1, -0.05) is 36.4 Å². The van der Waals surface area contributed by atoms with Crippen LogP contribution in [0.25, 0.3) is 6.08 Å². The van der Waals surface area contributed by atoms with Gasteiger partial charge in [0.2, 0.25) is 0 Å². The van der Waals surface area contributed by atoms with Crippen LogP contribution in [0.4, 0.5) is 10.5 Å². The number of non-ortho nitro benzene ring substituents is 1. The first kappa shape index (κ1) is 24.9. The van der Waals surface area contributed by atoms with Gasteiger partial charge in [-0.25, -0.2) is 0 Å². The number of rotatable bonds is 9. The summed E-state index contributed by atoms with van der Waals surface area (Å²) in [5, 5.41) is 10.5. The van der Waals surface area contributed by atoms with Crippen molar-refractivity contribution in [2.45, 2.75) is 4.90 Å². The summed E-state index contributed by atoms with van der Waals surface area (Å²) < 4.78 is 35.9. The molecule has 0 aromatic heterocycles. The Bertz CT molecular complexity index is 1460. The molecule has 3 aromatic carbocycles. The molecule has 0 aliphatic carbocycles. The smallest absolute Gasteiger partial charge is 0.339 e. The van der Waals surface area contributed by atoms with E-state index in [-0.39, 0.29) is 28.7 Å². The van der Waals surface area contributed by atoms with Crippen molar-refractivity contribution in [3.05, 3.63) is 99.4 Å². The number of nitro groups is 1. The van der Waals surface area contributed by atoms with Gasteiger partial charge in [-0.2, -0.15) is 8.42 Å². The monoisotopic (exact) mass is 526 g/mol. The van der Waals surface area contributed by atoms with E-state index in [1.54, 1.807) is 18.2 Å². The molecule has 1 aliphatic rings. The highest BCUT2D eigenvalue weighted by Crippen LogP contribution is 2.33. The summed E-state index contributed by atoms with van der Waals surface area (Å²) in [6, 6.07) is 19.4. The Morgan fingerprint density at radius 2 is 1.67 bits per heavy atom. The molecular weight excluding hydrogens is 508 g/mol. The summed E-state index contributed by atoms with van der Waals surface area (Å²) in [5.41, 5.74) is 0.0334. The number of nitro benzene ring substituents is 1. The number of thioether (sulfide) groups is 1. The zero-order valence-corrected chi connectivity index (χ0v) is 20.1. The van der Waals surface area contributed by atoms with Gasteiger partial charge in [0.15, 0.2) is 0 Å². The Balaban J connectivity index is 1.45. The molecule has 2 amide bonds. The zero-order chi connectivity index (χ0) is 25.7. The quantitative estimate of drug-likeness (QED) is 0.171. The highest BCUT2D eigenvalue weighted by Gasteiger charge is 2.34. The molecule has 36 heavy (non-hydrogen) atoms. The van der Waals surface area contributed by atoms with Crippen molar-refractivity contribution in [2.24, 2.45) is 0 Å². The van der Waals surface area contributed by atoms with E-state index >= 15 is 0 Å². The molecule has 1 fully saturated rings. The first-order valence-corrected chi connectivity index (χ1v) is 12.7. The van der Waals surface area contributed by atoms with E-state index in [0.717, 1.165) is 22.7 Å². The van der Waals surface area contributed by atoms with Crippen LogP contribution in [0.2, 0.25) is 0 Å². The van der Waals surface area contributed by atoms with Crippen molar-refractivity contribution >= 4 is 44.8 Å². The lowest BCUT2D eigenvalue weighted by Gasteiger charge is -2.13. The SMILES string of the molecule is O=C1S/C(=C\c2cccc(OS(=O)(=O)c3cccc([N+](=O)[O-])c3)c2)C(=O)N1CCOc1ccccc1.